The molecule has 0 spiro atoms. The topological polar surface area (TPSA) is 91.9 Å². The van der Waals surface area contributed by atoms with E-state index in [0.717, 1.165) is 35.1 Å². The SMILES string of the molecule is CC[C@@H]1CN=C(Nc2ccc(/C(C)=N\Nc3ccccc3[N+](=O)[O-])cc2)S1. The Bertz CT molecular complexity index is 880. The minimum absolute atomic E-state index is 0.00572. The fourth-order valence-electron chi connectivity index (χ4n) is 2.55. The van der Waals surface area contributed by atoms with E-state index in [4.69, 9.17) is 0 Å². The number of nitro groups is 1. The molecule has 27 heavy (non-hydrogen) atoms. The van der Waals surface area contributed by atoms with Crippen molar-refractivity contribution < 1.29 is 4.92 Å². The van der Waals surface area contributed by atoms with E-state index in [9.17, 15) is 10.1 Å². The molecule has 140 valence electrons. The van der Waals surface area contributed by atoms with E-state index >= 15 is 0 Å². The molecule has 1 atom stereocenters. The van der Waals surface area contributed by atoms with Gasteiger partial charge in [0, 0.05) is 17.0 Å². The Hall–Kier alpha value is -2.87. The minimum atomic E-state index is -0.430. The van der Waals surface area contributed by atoms with Gasteiger partial charge in [0.15, 0.2) is 5.17 Å². The smallest absolute Gasteiger partial charge is 0.294 e. The molecule has 2 aromatic carbocycles. The molecule has 8 heteroatoms. The summed E-state index contributed by atoms with van der Waals surface area (Å²) in [6.45, 7) is 4.89. The van der Waals surface area contributed by atoms with Crippen LogP contribution < -0.4 is 10.7 Å². The molecule has 3 rings (SSSR count). The lowest BCUT2D eigenvalue weighted by atomic mass is 10.1. The van der Waals surface area contributed by atoms with Crippen LogP contribution >= 0.6 is 11.8 Å². The van der Waals surface area contributed by atoms with Gasteiger partial charge in [0.25, 0.3) is 5.69 Å². The van der Waals surface area contributed by atoms with Crippen LogP contribution in [-0.2, 0) is 0 Å². The van der Waals surface area contributed by atoms with Crippen molar-refractivity contribution in [1.82, 2.24) is 0 Å². The number of hydrogen-bond donors (Lipinski definition) is 2. The molecule has 0 unspecified atom stereocenters. The van der Waals surface area contributed by atoms with Crippen LogP contribution in [0.3, 0.4) is 0 Å². The first-order valence-corrected chi connectivity index (χ1v) is 9.57. The third kappa shape index (κ3) is 4.85. The van der Waals surface area contributed by atoms with Gasteiger partial charge in [-0.05, 0) is 37.1 Å². The second-order valence-corrected chi connectivity index (χ2v) is 7.37. The average Bonchev–Trinajstić information content (AvgIpc) is 3.14. The molecule has 0 aliphatic carbocycles. The number of rotatable bonds is 6. The lowest BCUT2D eigenvalue weighted by Gasteiger charge is -2.08. The van der Waals surface area contributed by atoms with Crippen LogP contribution in [0, 0.1) is 10.1 Å². The van der Waals surface area contributed by atoms with Gasteiger partial charge in [-0.3, -0.25) is 20.5 Å². The van der Waals surface area contributed by atoms with Crippen molar-refractivity contribution in [3.63, 3.8) is 0 Å². The van der Waals surface area contributed by atoms with Gasteiger partial charge in [0.2, 0.25) is 0 Å². The molecular weight excluding hydrogens is 362 g/mol. The number of para-hydroxylation sites is 2. The van der Waals surface area contributed by atoms with Crippen molar-refractivity contribution in [1.29, 1.82) is 0 Å². The summed E-state index contributed by atoms with van der Waals surface area (Å²) in [4.78, 5) is 15.1. The second-order valence-electron chi connectivity index (χ2n) is 6.08. The highest BCUT2D eigenvalue weighted by Crippen LogP contribution is 2.25. The Kier molecular flexibility index (Phi) is 6.08. The quantitative estimate of drug-likeness (QED) is 0.428. The fourth-order valence-corrected chi connectivity index (χ4v) is 3.51. The van der Waals surface area contributed by atoms with Gasteiger partial charge >= 0.3 is 0 Å². The van der Waals surface area contributed by atoms with Crippen molar-refractivity contribution in [2.45, 2.75) is 25.5 Å². The first-order valence-electron chi connectivity index (χ1n) is 8.69. The van der Waals surface area contributed by atoms with Gasteiger partial charge in [-0.25, -0.2) is 0 Å². The molecule has 0 aromatic heterocycles. The molecule has 0 radical (unpaired) electrons. The van der Waals surface area contributed by atoms with E-state index in [0.29, 0.717) is 10.9 Å². The second kappa shape index (κ2) is 8.68. The van der Waals surface area contributed by atoms with Crippen molar-refractivity contribution in [2.24, 2.45) is 10.1 Å². The highest BCUT2D eigenvalue weighted by molar-refractivity contribution is 8.15. The van der Waals surface area contributed by atoms with Crippen LogP contribution in [0.15, 0.2) is 58.6 Å². The van der Waals surface area contributed by atoms with Crippen LogP contribution in [0.2, 0.25) is 0 Å². The fraction of sp³-hybridized carbons (Fsp3) is 0.263. The number of anilines is 2. The number of hydrogen-bond acceptors (Lipinski definition) is 7. The molecule has 1 aliphatic heterocycles. The Morgan fingerprint density at radius 3 is 2.70 bits per heavy atom. The number of nitrogens with zero attached hydrogens (tertiary/aromatic N) is 3. The average molecular weight is 383 g/mol. The summed E-state index contributed by atoms with van der Waals surface area (Å²) in [7, 11) is 0. The third-order valence-corrected chi connectivity index (χ3v) is 5.44. The molecule has 2 N–H and O–H groups in total. The zero-order chi connectivity index (χ0) is 19.2. The molecule has 2 aromatic rings. The van der Waals surface area contributed by atoms with Gasteiger partial charge < -0.3 is 5.32 Å². The van der Waals surface area contributed by atoms with Crippen molar-refractivity contribution in [3.8, 4) is 0 Å². The molecule has 0 amide bonds. The molecule has 1 heterocycles. The zero-order valence-corrected chi connectivity index (χ0v) is 16.0. The maximum absolute atomic E-state index is 11.1. The summed E-state index contributed by atoms with van der Waals surface area (Å²) in [6, 6.07) is 14.3. The van der Waals surface area contributed by atoms with Gasteiger partial charge in [-0.2, -0.15) is 5.10 Å². The lowest BCUT2D eigenvalue weighted by molar-refractivity contribution is -0.384. The molecular formula is C19H21N5O2S. The summed E-state index contributed by atoms with van der Waals surface area (Å²) >= 11 is 1.78. The van der Waals surface area contributed by atoms with Gasteiger partial charge in [-0.15, -0.1) is 0 Å². The summed E-state index contributed by atoms with van der Waals surface area (Å²) in [5.74, 6) is 0. The Morgan fingerprint density at radius 2 is 2.04 bits per heavy atom. The summed E-state index contributed by atoms with van der Waals surface area (Å²) in [6.07, 6.45) is 1.11. The molecule has 0 bridgehead atoms. The van der Waals surface area contributed by atoms with Crippen LogP contribution in [0.1, 0.15) is 25.8 Å². The largest absolute Gasteiger partial charge is 0.335 e. The number of nitro benzene ring substituents is 1. The van der Waals surface area contributed by atoms with Crippen LogP contribution in [0.25, 0.3) is 0 Å². The first kappa shape index (κ1) is 18.9. The molecule has 1 aliphatic rings. The van der Waals surface area contributed by atoms with E-state index in [2.05, 4.69) is 27.8 Å². The maximum Gasteiger partial charge on any atom is 0.294 e. The number of amidine groups is 1. The Labute approximate surface area is 162 Å². The summed E-state index contributed by atoms with van der Waals surface area (Å²) in [5, 5.41) is 20.2. The number of benzene rings is 2. The predicted octanol–water partition coefficient (Wildman–Crippen LogP) is 4.72. The number of aliphatic imine (C=N–C) groups is 1. The number of hydrazone groups is 1. The van der Waals surface area contributed by atoms with E-state index in [1.807, 2.05) is 31.2 Å². The van der Waals surface area contributed by atoms with Crippen molar-refractivity contribution in [3.05, 3.63) is 64.2 Å². The molecule has 0 saturated carbocycles. The number of thioether (sulfide) groups is 1. The van der Waals surface area contributed by atoms with Crippen LogP contribution in [0.4, 0.5) is 17.1 Å². The summed E-state index contributed by atoms with van der Waals surface area (Å²) in [5.41, 5.74) is 5.78. The molecule has 7 nitrogen and oxygen atoms in total. The van der Waals surface area contributed by atoms with E-state index in [-0.39, 0.29) is 5.69 Å². The minimum Gasteiger partial charge on any atom is -0.335 e. The monoisotopic (exact) mass is 383 g/mol. The lowest BCUT2D eigenvalue weighted by Crippen LogP contribution is -2.07. The Morgan fingerprint density at radius 1 is 1.30 bits per heavy atom. The third-order valence-electron chi connectivity index (χ3n) is 4.17. The van der Waals surface area contributed by atoms with Gasteiger partial charge in [-0.1, -0.05) is 43.0 Å². The van der Waals surface area contributed by atoms with Crippen LogP contribution in [-0.4, -0.2) is 27.6 Å². The van der Waals surface area contributed by atoms with E-state index in [1.165, 1.54) is 6.07 Å². The standard InChI is InChI=1S/C19H21N5O2S/c1-3-16-12-20-19(27-16)21-15-10-8-14(9-11-15)13(2)22-23-17-6-4-5-7-18(17)24(25)26/h4-11,16,23H,3,12H2,1-2H3,(H,20,21)/b22-13-/t16-/m1/s1. The predicted molar refractivity (Wildman–Crippen MR) is 113 cm³/mol. The van der Waals surface area contributed by atoms with Crippen molar-refractivity contribution in [2.75, 3.05) is 17.3 Å². The highest BCUT2D eigenvalue weighted by Gasteiger charge is 2.17. The van der Waals surface area contributed by atoms with E-state index < -0.39 is 4.92 Å². The highest BCUT2D eigenvalue weighted by atomic mass is 32.2. The zero-order valence-electron chi connectivity index (χ0n) is 15.2. The summed E-state index contributed by atoms with van der Waals surface area (Å²) < 4.78 is 0. The normalized spacial score (nSPS) is 16.7. The van der Waals surface area contributed by atoms with Gasteiger partial charge in [0.05, 0.1) is 17.2 Å². The van der Waals surface area contributed by atoms with Crippen LogP contribution in [0.5, 0.6) is 0 Å². The van der Waals surface area contributed by atoms with Gasteiger partial charge in [0.1, 0.15) is 5.69 Å². The Balaban J connectivity index is 1.65. The van der Waals surface area contributed by atoms with Crippen molar-refractivity contribution >= 4 is 39.7 Å². The molecule has 0 saturated heterocycles. The maximum atomic E-state index is 11.1. The number of nitrogens with one attached hydrogen (secondary N) is 2. The molecule has 0 fully saturated rings. The first-order chi connectivity index (χ1) is 13.1. The van der Waals surface area contributed by atoms with E-state index in [1.54, 1.807) is 30.0 Å².